The van der Waals surface area contributed by atoms with Crippen LogP contribution in [0.2, 0.25) is 0 Å². The second-order valence-electron chi connectivity index (χ2n) is 7.01. The zero-order chi connectivity index (χ0) is 14.9. The van der Waals surface area contributed by atoms with E-state index in [0.717, 1.165) is 25.1 Å². The molecule has 2 rings (SSSR count). The van der Waals surface area contributed by atoms with E-state index in [4.69, 9.17) is 5.11 Å². The van der Waals surface area contributed by atoms with Gasteiger partial charge < -0.3 is 5.11 Å². The number of nitrogens with zero attached hydrogens (tertiary/aromatic N) is 4. The number of hydrogen-bond acceptors (Lipinski definition) is 4. The van der Waals surface area contributed by atoms with Crippen LogP contribution in [-0.4, -0.2) is 31.3 Å². The summed E-state index contributed by atoms with van der Waals surface area (Å²) in [5, 5.41) is 21.0. The van der Waals surface area contributed by atoms with E-state index in [2.05, 4.69) is 43.2 Å². The van der Waals surface area contributed by atoms with Gasteiger partial charge in [0.1, 0.15) is 0 Å². The van der Waals surface area contributed by atoms with Gasteiger partial charge in [-0.2, -0.15) is 0 Å². The summed E-state index contributed by atoms with van der Waals surface area (Å²) in [7, 11) is 0. The van der Waals surface area contributed by atoms with Crippen LogP contribution in [0.1, 0.15) is 58.8 Å². The van der Waals surface area contributed by atoms with E-state index in [0.29, 0.717) is 11.8 Å². The van der Waals surface area contributed by atoms with Crippen molar-refractivity contribution in [3.05, 3.63) is 5.82 Å². The molecule has 2 unspecified atom stereocenters. The van der Waals surface area contributed by atoms with Crippen molar-refractivity contribution in [3.8, 4) is 0 Å². The number of carbonyl (C=O) groups is 1. The third-order valence-corrected chi connectivity index (χ3v) is 4.39. The molecule has 0 spiro atoms. The predicted octanol–water partition coefficient (Wildman–Crippen LogP) is 2.32. The van der Waals surface area contributed by atoms with Crippen LogP contribution in [0.15, 0.2) is 0 Å². The summed E-state index contributed by atoms with van der Waals surface area (Å²) < 4.78 is 1.76. The molecule has 0 bridgehead atoms. The van der Waals surface area contributed by atoms with Gasteiger partial charge in [0.25, 0.3) is 0 Å². The highest BCUT2D eigenvalue weighted by atomic mass is 16.4. The predicted molar refractivity (Wildman–Crippen MR) is 74.2 cm³/mol. The molecule has 2 atom stereocenters. The Balaban J connectivity index is 2.16. The van der Waals surface area contributed by atoms with E-state index in [1.165, 1.54) is 0 Å². The van der Waals surface area contributed by atoms with Crippen molar-refractivity contribution < 1.29 is 9.90 Å². The van der Waals surface area contributed by atoms with E-state index in [1.807, 2.05) is 0 Å². The minimum absolute atomic E-state index is 0.0929. The smallest absolute Gasteiger partial charge is 0.305 e. The Bertz CT molecular complexity index is 474. The van der Waals surface area contributed by atoms with E-state index < -0.39 is 5.97 Å². The van der Waals surface area contributed by atoms with Gasteiger partial charge in [-0.3, -0.25) is 4.79 Å². The lowest BCUT2D eigenvalue weighted by atomic mass is 9.80. The first-order valence-corrected chi connectivity index (χ1v) is 7.27. The Kier molecular flexibility index (Phi) is 4.11. The number of rotatable bonds is 6. The molecule has 1 aromatic heterocycles. The molecule has 6 nitrogen and oxygen atoms in total. The lowest BCUT2D eigenvalue weighted by Gasteiger charge is -2.27. The fraction of sp³-hybridized carbons (Fsp3) is 0.857. The van der Waals surface area contributed by atoms with Gasteiger partial charge >= 0.3 is 5.97 Å². The third-order valence-electron chi connectivity index (χ3n) is 4.39. The maximum Gasteiger partial charge on any atom is 0.305 e. The molecular formula is C14H24N4O2. The molecule has 1 N–H and O–H groups in total. The molecule has 0 amide bonds. The maximum atomic E-state index is 11.0. The Hall–Kier alpha value is -1.46. The molecule has 1 aromatic rings. The summed E-state index contributed by atoms with van der Waals surface area (Å²) in [6.07, 6.45) is 3.03. The molecule has 0 radical (unpaired) electrons. The number of hydrogen-bond donors (Lipinski definition) is 1. The van der Waals surface area contributed by atoms with Crippen LogP contribution in [0.4, 0.5) is 0 Å². The third kappa shape index (κ3) is 3.55. The van der Waals surface area contributed by atoms with Crippen LogP contribution >= 0.6 is 0 Å². The van der Waals surface area contributed by atoms with Crippen LogP contribution in [0, 0.1) is 17.3 Å². The van der Waals surface area contributed by atoms with Gasteiger partial charge in [0, 0.05) is 6.42 Å². The van der Waals surface area contributed by atoms with E-state index >= 15 is 0 Å². The van der Waals surface area contributed by atoms with Crippen LogP contribution in [0.5, 0.6) is 0 Å². The Labute approximate surface area is 119 Å². The van der Waals surface area contributed by atoms with Crippen molar-refractivity contribution in [1.29, 1.82) is 0 Å². The number of aromatic nitrogens is 4. The molecule has 0 saturated heterocycles. The SMILES string of the molecule is CC(Cc1nnnn1C(CC(=O)O)C1CC1)C(C)(C)C. The lowest BCUT2D eigenvalue weighted by Crippen LogP contribution is -2.24. The highest BCUT2D eigenvalue weighted by molar-refractivity contribution is 5.67. The van der Waals surface area contributed by atoms with Crippen molar-refractivity contribution in [2.45, 2.75) is 59.4 Å². The second-order valence-corrected chi connectivity index (χ2v) is 7.01. The normalized spacial score (nSPS) is 18.8. The second kappa shape index (κ2) is 5.50. The summed E-state index contributed by atoms with van der Waals surface area (Å²) in [6, 6.07) is -0.0929. The van der Waals surface area contributed by atoms with Crippen molar-refractivity contribution in [3.63, 3.8) is 0 Å². The standard InChI is InChI=1S/C14H24N4O2/c1-9(14(2,3)4)7-12-15-16-17-18(12)11(8-13(19)20)10-5-6-10/h9-11H,5-8H2,1-4H3,(H,19,20). The van der Waals surface area contributed by atoms with Gasteiger partial charge in [-0.05, 0) is 40.5 Å². The van der Waals surface area contributed by atoms with E-state index in [1.54, 1.807) is 4.68 Å². The molecule has 6 heteroatoms. The fourth-order valence-corrected chi connectivity index (χ4v) is 2.30. The Morgan fingerprint density at radius 3 is 2.60 bits per heavy atom. The van der Waals surface area contributed by atoms with Crippen LogP contribution in [0.25, 0.3) is 0 Å². The van der Waals surface area contributed by atoms with Crippen LogP contribution in [0.3, 0.4) is 0 Å². The summed E-state index contributed by atoms with van der Waals surface area (Å²) in [5.74, 6) is 0.869. The van der Waals surface area contributed by atoms with Gasteiger partial charge in [-0.15, -0.1) is 5.10 Å². The average molecular weight is 280 g/mol. The van der Waals surface area contributed by atoms with Crippen LogP contribution in [-0.2, 0) is 11.2 Å². The van der Waals surface area contributed by atoms with Gasteiger partial charge in [-0.1, -0.05) is 27.7 Å². The molecule has 0 aliphatic heterocycles. The maximum absolute atomic E-state index is 11.0. The number of carboxylic acids is 1. The highest BCUT2D eigenvalue weighted by Crippen LogP contribution is 2.41. The molecular weight excluding hydrogens is 256 g/mol. The fourth-order valence-electron chi connectivity index (χ4n) is 2.30. The largest absolute Gasteiger partial charge is 0.481 e. The number of carboxylic acid groups (broad SMARTS) is 1. The van der Waals surface area contributed by atoms with Crippen molar-refractivity contribution in [2.24, 2.45) is 17.3 Å². The van der Waals surface area contributed by atoms with E-state index in [9.17, 15) is 4.79 Å². The Morgan fingerprint density at radius 1 is 1.45 bits per heavy atom. The lowest BCUT2D eigenvalue weighted by molar-refractivity contribution is -0.138. The monoisotopic (exact) mass is 280 g/mol. The minimum atomic E-state index is -0.785. The minimum Gasteiger partial charge on any atom is -0.481 e. The molecule has 112 valence electrons. The number of aliphatic carboxylic acids is 1. The first kappa shape index (κ1) is 14.9. The zero-order valence-electron chi connectivity index (χ0n) is 12.7. The molecule has 20 heavy (non-hydrogen) atoms. The first-order valence-electron chi connectivity index (χ1n) is 7.27. The Morgan fingerprint density at radius 2 is 2.10 bits per heavy atom. The summed E-state index contributed by atoms with van der Waals surface area (Å²) in [6.45, 7) is 8.77. The number of tetrazole rings is 1. The highest BCUT2D eigenvalue weighted by Gasteiger charge is 2.36. The van der Waals surface area contributed by atoms with Crippen molar-refractivity contribution >= 4 is 5.97 Å². The molecule has 0 aromatic carbocycles. The van der Waals surface area contributed by atoms with Crippen molar-refractivity contribution in [1.82, 2.24) is 20.2 Å². The van der Waals surface area contributed by atoms with E-state index in [-0.39, 0.29) is 17.9 Å². The molecule has 1 aliphatic rings. The summed E-state index contributed by atoms with van der Waals surface area (Å²) in [4.78, 5) is 11.0. The van der Waals surface area contributed by atoms with Gasteiger partial charge in [0.2, 0.25) is 0 Å². The zero-order valence-corrected chi connectivity index (χ0v) is 12.7. The van der Waals surface area contributed by atoms with Crippen molar-refractivity contribution in [2.75, 3.05) is 0 Å². The summed E-state index contributed by atoms with van der Waals surface area (Å²) in [5.41, 5.74) is 0.179. The first-order chi connectivity index (χ1) is 9.29. The molecule has 1 aliphatic carbocycles. The quantitative estimate of drug-likeness (QED) is 0.865. The average Bonchev–Trinajstić information content (AvgIpc) is 3.06. The molecule has 1 saturated carbocycles. The van der Waals surface area contributed by atoms with Crippen LogP contribution < -0.4 is 0 Å². The van der Waals surface area contributed by atoms with Gasteiger partial charge in [0.15, 0.2) is 5.82 Å². The summed E-state index contributed by atoms with van der Waals surface area (Å²) >= 11 is 0. The topological polar surface area (TPSA) is 80.9 Å². The van der Waals surface area contributed by atoms with Gasteiger partial charge in [0.05, 0.1) is 12.5 Å². The molecule has 1 heterocycles. The van der Waals surface area contributed by atoms with Gasteiger partial charge in [-0.25, -0.2) is 4.68 Å². The molecule has 1 fully saturated rings.